The highest BCUT2D eigenvalue weighted by Crippen LogP contribution is 2.26. The van der Waals surface area contributed by atoms with Gasteiger partial charge in [-0.05, 0) is 11.8 Å². The first-order valence-electron chi connectivity index (χ1n) is 4.79. The van der Waals surface area contributed by atoms with Gasteiger partial charge in [0, 0.05) is 5.92 Å². The van der Waals surface area contributed by atoms with Gasteiger partial charge in [-0.2, -0.15) is 0 Å². The molecule has 1 atom stereocenters. The van der Waals surface area contributed by atoms with Gasteiger partial charge in [0.1, 0.15) is 0 Å². The van der Waals surface area contributed by atoms with E-state index in [4.69, 9.17) is 4.74 Å². The van der Waals surface area contributed by atoms with E-state index in [1.807, 2.05) is 13.8 Å². The largest absolute Gasteiger partial charge is 0.381 e. The second kappa shape index (κ2) is 5.59. The maximum Gasteiger partial charge on any atom is 0.0519 e. The van der Waals surface area contributed by atoms with Crippen molar-refractivity contribution < 1.29 is 4.74 Å². The molecule has 1 aliphatic rings. The third-order valence-electron chi connectivity index (χ3n) is 2.46. The van der Waals surface area contributed by atoms with E-state index in [0.29, 0.717) is 0 Å². The summed E-state index contributed by atoms with van der Waals surface area (Å²) in [6, 6.07) is 0. The molecular weight excluding hydrogens is 136 g/mol. The van der Waals surface area contributed by atoms with Crippen molar-refractivity contribution in [3.05, 3.63) is 0 Å². The second-order valence-corrected chi connectivity index (χ2v) is 3.40. The molecule has 0 aromatic heterocycles. The molecule has 0 amide bonds. The molecule has 11 heavy (non-hydrogen) atoms. The summed E-state index contributed by atoms with van der Waals surface area (Å²) in [5, 5.41) is 0. The molecule has 68 valence electrons. The Morgan fingerprint density at radius 2 is 1.55 bits per heavy atom. The molecule has 1 unspecified atom stereocenters. The summed E-state index contributed by atoms with van der Waals surface area (Å²) in [4.78, 5) is 0. The van der Waals surface area contributed by atoms with E-state index in [1.54, 1.807) is 0 Å². The minimum absolute atomic E-state index is 0.818. The molecule has 0 aromatic carbocycles. The third-order valence-corrected chi connectivity index (χ3v) is 2.46. The zero-order valence-electron chi connectivity index (χ0n) is 8.55. The van der Waals surface area contributed by atoms with Crippen LogP contribution in [0.25, 0.3) is 0 Å². The fourth-order valence-corrected chi connectivity index (χ4v) is 1.10. The first-order chi connectivity index (χ1) is 5.22. The van der Waals surface area contributed by atoms with Crippen molar-refractivity contribution in [1.82, 2.24) is 0 Å². The van der Waals surface area contributed by atoms with Crippen molar-refractivity contribution in [2.45, 2.75) is 34.6 Å². The summed E-state index contributed by atoms with van der Waals surface area (Å²) in [6.07, 6.45) is 0. The predicted molar refractivity (Wildman–Crippen MR) is 49.7 cm³/mol. The maximum absolute atomic E-state index is 5.11. The quantitative estimate of drug-likeness (QED) is 0.600. The molecular formula is C10H22O. The van der Waals surface area contributed by atoms with Crippen molar-refractivity contribution in [3.63, 3.8) is 0 Å². The summed E-state index contributed by atoms with van der Waals surface area (Å²) in [5.41, 5.74) is 0. The highest BCUT2D eigenvalue weighted by molar-refractivity contribution is 4.73. The Hall–Kier alpha value is -0.0400. The van der Waals surface area contributed by atoms with Gasteiger partial charge in [-0.3, -0.25) is 0 Å². The topological polar surface area (TPSA) is 9.23 Å². The fourth-order valence-electron chi connectivity index (χ4n) is 1.10. The Morgan fingerprint density at radius 1 is 1.09 bits per heavy atom. The summed E-state index contributed by atoms with van der Waals surface area (Å²) in [7, 11) is 0. The molecule has 1 fully saturated rings. The highest BCUT2D eigenvalue weighted by Gasteiger charge is 2.26. The van der Waals surface area contributed by atoms with Crippen LogP contribution in [0.1, 0.15) is 34.6 Å². The van der Waals surface area contributed by atoms with Gasteiger partial charge < -0.3 is 4.74 Å². The van der Waals surface area contributed by atoms with Crippen LogP contribution < -0.4 is 0 Å². The molecule has 1 heteroatoms. The van der Waals surface area contributed by atoms with E-state index in [1.165, 1.54) is 0 Å². The van der Waals surface area contributed by atoms with Crippen LogP contribution in [-0.4, -0.2) is 13.2 Å². The zero-order valence-corrected chi connectivity index (χ0v) is 8.55. The van der Waals surface area contributed by atoms with Crippen LogP contribution in [0.15, 0.2) is 0 Å². The lowest BCUT2D eigenvalue weighted by Crippen LogP contribution is -2.35. The average molecular weight is 158 g/mol. The normalized spacial score (nSPS) is 20.2. The molecule has 0 spiro atoms. The number of ether oxygens (including phenoxy) is 1. The molecule has 0 saturated carbocycles. The molecule has 1 rings (SSSR count). The van der Waals surface area contributed by atoms with E-state index < -0.39 is 0 Å². The molecule has 0 aromatic rings. The van der Waals surface area contributed by atoms with Gasteiger partial charge in [0.15, 0.2) is 0 Å². The Kier molecular flexibility index (Phi) is 5.57. The smallest absolute Gasteiger partial charge is 0.0519 e. The van der Waals surface area contributed by atoms with Crippen LogP contribution in [0.2, 0.25) is 0 Å². The van der Waals surface area contributed by atoms with Crippen LogP contribution >= 0.6 is 0 Å². The molecule has 0 aliphatic carbocycles. The van der Waals surface area contributed by atoms with Crippen molar-refractivity contribution in [2.75, 3.05) is 13.2 Å². The number of hydrogen-bond acceptors (Lipinski definition) is 1. The molecule has 0 bridgehead atoms. The predicted octanol–water partition coefficient (Wildman–Crippen LogP) is 2.95. The lowest BCUT2D eigenvalue weighted by molar-refractivity contribution is -0.0657. The van der Waals surface area contributed by atoms with Gasteiger partial charge in [-0.1, -0.05) is 34.6 Å². The summed E-state index contributed by atoms with van der Waals surface area (Å²) in [6.45, 7) is 12.9. The van der Waals surface area contributed by atoms with E-state index in [9.17, 15) is 0 Å². The zero-order chi connectivity index (χ0) is 8.85. The molecule has 1 saturated heterocycles. The van der Waals surface area contributed by atoms with Crippen molar-refractivity contribution in [3.8, 4) is 0 Å². The first kappa shape index (κ1) is 11.0. The molecule has 0 N–H and O–H groups in total. The van der Waals surface area contributed by atoms with Crippen LogP contribution in [0.5, 0.6) is 0 Å². The molecule has 0 radical (unpaired) electrons. The van der Waals surface area contributed by atoms with Gasteiger partial charge in [0.25, 0.3) is 0 Å². The van der Waals surface area contributed by atoms with E-state index in [2.05, 4.69) is 20.8 Å². The lowest BCUT2D eigenvalue weighted by atomic mass is 9.84. The Morgan fingerprint density at radius 3 is 1.64 bits per heavy atom. The van der Waals surface area contributed by atoms with Crippen LogP contribution in [0.4, 0.5) is 0 Å². The monoisotopic (exact) mass is 158 g/mol. The Balaban J connectivity index is 0.000000461. The van der Waals surface area contributed by atoms with Gasteiger partial charge in [0.05, 0.1) is 13.2 Å². The molecule has 1 heterocycles. The SMILES string of the molecule is CC.CC(C)C(C)C1COC1. The van der Waals surface area contributed by atoms with Crippen LogP contribution in [-0.2, 0) is 4.74 Å². The average Bonchev–Trinajstić information content (AvgIpc) is 1.88. The minimum Gasteiger partial charge on any atom is -0.381 e. The van der Waals surface area contributed by atoms with Gasteiger partial charge in [-0.15, -0.1) is 0 Å². The first-order valence-corrected chi connectivity index (χ1v) is 4.79. The van der Waals surface area contributed by atoms with Crippen LogP contribution in [0.3, 0.4) is 0 Å². The Bertz CT molecular complexity index is 84.9. The standard InChI is InChI=1S/C8H16O.C2H6/c1-6(2)7(3)8-4-9-5-8;1-2/h6-8H,4-5H2,1-3H3;1-2H3. The van der Waals surface area contributed by atoms with Crippen molar-refractivity contribution in [2.24, 2.45) is 17.8 Å². The summed E-state index contributed by atoms with van der Waals surface area (Å²) < 4.78 is 5.11. The van der Waals surface area contributed by atoms with E-state index in [-0.39, 0.29) is 0 Å². The second-order valence-electron chi connectivity index (χ2n) is 3.40. The third kappa shape index (κ3) is 3.24. The van der Waals surface area contributed by atoms with Gasteiger partial charge in [0.2, 0.25) is 0 Å². The maximum atomic E-state index is 5.11. The fraction of sp³-hybridized carbons (Fsp3) is 1.00. The minimum atomic E-state index is 0.818. The summed E-state index contributed by atoms with van der Waals surface area (Å²) >= 11 is 0. The molecule has 1 nitrogen and oxygen atoms in total. The van der Waals surface area contributed by atoms with Crippen LogP contribution in [0, 0.1) is 17.8 Å². The van der Waals surface area contributed by atoms with Crippen molar-refractivity contribution in [1.29, 1.82) is 0 Å². The number of hydrogen-bond donors (Lipinski definition) is 0. The molecule has 1 aliphatic heterocycles. The number of rotatable bonds is 2. The van der Waals surface area contributed by atoms with E-state index >= 15 is 0 Å². The van der Waals surface area contributed by atoms with E-state index in [0.717, 1.165) is 31.0 Å². The van der Waals surface area contributed by atoms with Crippen molar-refractivity contribution >= 4 is 0 Å². The van der Waals surface area contributed by atoms with Gasteiger partial charge in [-0.25, -0.2) is 0 Å². The summed E-state index contributed by atoms with van der Waals surface area (Å²) in [5.74, 6) is 2.52. The highest BCUT2D eigenvalue weighted by atomic mass is 16.5. The Labute approximate surface area is 71.1 Å². The lowest BCUT2D eigenvalue weighted by Gasteiger charge is -2.33. The van der Waals surface area contributed by atoms with Gasteiger partial charge >= 0.3 is 0 Å².